The molecular formula is C14H14F3N5OS. The van der Waals surface area contributed by atoms with Crippen LogP contribution in [0.3, 0.4) is 0 Å². The molecule has 0 unspecified atom stereocenters. The lowest BCUT2D eigenvalue weighted by molar-refractivity contribution is -0.137. The van der Waals surface area contributed by atoms with Crippen LogP contribution in [0.15, 0.2) is 29.4 Å². The monoisotopic (exact) mass is 357 g/mol. The van der Waals surface area contributed by atoms with Gasteiger partial charge in [0.15, 0.2) is 5.82 Å². The summed E-state index contributed by atoms with van der Waals surface area (Å²) in [6, 6.07) is 4.26. The molecule has 1 amide bonds. The first-order valence-corrected chi connectivity index (χ1v) is 8.13. The van der Waals surface area contributed by atoms with Crippen molar-refractivity contribution in [1.29, 1.82) is 0 Å². The number of hydrogen-bond acceptors (Lipinski definition) is 5. The molecule has 0 aliphatic heterocycles. The van der Waals surface area contributed by atoms with Gasteiger partial charge >= 0.3 is 6.18 Å². The van der Waals surface area contributed by atoms with Crippen LogP contribution in [0.25, 0.3) is 0 Å². The standard InChI is InChI=1S/C14H14F3N5OS/c15-14(16,17)9-3-5-10(6-4-9)19-11(23)7-24-13-21-20-12(22(13)18)8-1-2-8/h3-6,8H,1-2,7,18H2,(H,19,23). The Hall–Kier alpha value is -2.23. The van der Waals surface area contributed by atoms with Gasteiger partial charge in [-0.15, -0.1) is 10.2 Å². The number of anilines is 1. The van der Waals surface area contributed by atoms with Crippen molar-refractivity contribution in [3.8, 4) is 0 Å². The molecule has 1 aromatic heterocycles. The highest BCUT2D eigenvalue weighted by Gasteiger charge is 2.30. The maximum absolute atomic E-state index is 12.5. The van der Waals surface area contributed by atoms with Crippen LogP contribution in [0.1, 0.15) is 30.1 Å². The molecule has 10 heteroatoms. The summed E-state index contributed by atoms with van der Waals surface area (Å²) in [4.78, 5) is 11.9. The van der Waals surface area contributed by atoms with Crippen molar-refractivity contribution in [2.75, 3.05) is 16.9 Å². The second kappa shape index (κ2) is 6.34. The number of carbonyl (C=O) groups is 1. The van der Waals surface area contributed by atoms with Crippen molar-refractivity contribution < 1.29 is 18.0 Å². The Kier molecular flexibility index (Phi) is 4.39. The first kappa shape index (κ1) is 16.6. The molecular weight excluding hydrogens is 343 g/mol. The number of amides is 1. The predicted molar refractivity (Wildman–Crippen MR) is 82.9 cm³/mol. The van der Waals surface area contributed by atoms with Gasteiger partial charge in [-0.3, -0.25) is 4.79 Å². The van der Waals surface area contributed by atoms with Crippen LogP contribution in [-0.2, 0) is 11.0 Å². The summed E-state index contributed by atoms with van der Waals surface area (Å²) in [5.74, 6) is 6.59. The van der Waals surface area contributed by atoms with Crippen molar-refractivity contribution in [2.45, 2.75) is 30.1 Å². The van der Waals surface area contributed by atoms with Crippen LogP contribution in [0.2, 0.25) is 0 Å². The zero-order valence-electron chi connectivity index (χ0n) is 12.4. The SMILES string of the molecule is Nn1c(SCC(=O)Nc2ccc(C(F)(F)F)cc2)nnc1C1CC1. The van der Waals surface area contributed by atoms with E-state index in [0.29, 0.717) is 22.6 Å². The Morgan fingerprint density at radius 2 is 1.96 bits per heavy atom. The second-order valence-electron chi connectivity index (χ2n) is 5.40. The fraction of sp³-hybridized carbons (Fsp3) is 0.357. The van der Waals surface area contributed by atoms with Crippen molar-refractivity contribution in [3.63, 3.8) is 0 Å². The zero-order chi connectivity index (χ0) is 17.3. The first-order valence-electron chi connectivity index (χ1n) is 7.15. The van der Waals surface area contributed by atoms with Gasteiger partial charge in [0.2, 0.25) is 11.1 Å². The average molecular weight is 357 g/mol. The van der Waals surface area contributed by atoms with Gasteiger partial charge in [0.1, 0.15) is 0 Å². The van der Waals surface area contributed by atoms with E-state index >= 15 is 0 Å². The minimum Gasteiger partial charge on any atom is -0.336 e. The molecule has 3 rings (SSSR count). The summed E-state index contributed by atoms with van der Waals surface area (Å²) < 4.78 is 38.8. The topological polar surface area (TPSA) is 85.8 Å². The number of nitrogen functional groups attached to an aromatic ring is 1. The van der Waals surface area contributed by atoms with E-state index in [-0.39, 0.29) is 11.7 Å². The molecule has 128 valence electrons. The number of rotatable bonds is 5. The van der Waals surface area contributed by atoms with Gasteiger partial charge in [0.25, 0.3) is 0 Å². The largest absolute Gasteiger partial charge is 0.416 e. The van der Waals surface area contributed by atoms with E-state index in [0.717, 1.165) is 36.7 Å². The van der Waals surface area contributed by atoms with E-state index in [2.05, 4.69) is 15.5 Å². The number of thioether (sulfide) groups is 1. The Morgan fingerprint density at radius 1 is 1.29 bits per heavy atom. The van der Waals surface area contributed by atoms with Crippen LogP contribution in [0.4, 0.5) is 18.9 Å². The molecule has 3 N–H and O–H groups in total. The number of carbonyl (C=O) groups excluding carboxylic acids is 1. The normalized spacial score (nSPS) is 14.6. The number of halogens is 3. The lowest BCUT2D eigenvalue weighted by atomic mass is 10.2. The highest BCUT2D eigenvalue weighted by molar-refractivity contribution is 7.99. The Bertz CT molecular complexity index is 740. The third-order valence-electron chi connectivity index (χ3n) is 3.46. The van der Waals surface area contributed by atoms with E-state index in [1.54, 1.807) is 0 Å². The third kappa shape index (κ3) is 3.81. The molecule has 0 radical (unpaired) electrons. The van der Waals surface area contributed by atoms with E-state index in [9.17, 15) is 18.0 Å². The van der Waals surface area contributed by atoms with Gasteiger partial charge < -0.3 is 11.2 Å². The van der Waals surface area contributed by atoms with Crippen molar-refractivity contribution in [2.24, 2.45) is 0 Å². The molecule has 1 saturated carbocycles. The van der Waals surface area contributed by atoms with E-state index in [1.807, 2.05) is 0 Å². The molecule has 1 fully saturated rings. The van der Waals surface area contributed by atoms with Crippen molar-refractivity contribution in [1.82, 2.24) is 14.9 Å². The smallest absolute Gasteiger partial charge is 0.336 e. The maximum Gasteiger partial charge on any atom is 0.416 e. The van der Waals surface area contributed by atoms with Crippen molar-refractivity contribution in [3.05, 3.63) is 35.7 Å². The highest BCUT2D eigenvalue weighted by Crippen LogP contribution is 2.39. The number of nitrogens with two attached hydrogens (primary N) is 1. The third-order valence-corrected chi connectivity index (χ3v) is 4.40. The fourth-order valence-electron chi connectivity index (χ4n) is 2.08. The first-order chi connectivity index (χ1) is 11.3. The van der Waals surface area contributed by atoms with Crippen LogP contribution in [-0.4, -0.2) is 26.5 Å². The molecule has 1 aromatic carbocycles. The van der Waals surface area contributed by atoms with Gasteiger partial charge in [0, 0.05) is 11.6 Å². The zero-order valence-corrected chi connectivity index (χ0v) is 13.2. The van der Waals surface area contributed by atoms with E-state index in [1.165, 1.54) is 16.8 Å². The van der Waals surface area contributed by atoms with Gasteiger partial charge in [-0.25, -0.2) is 4.68 Å². The molecule has 0 bridgehead atoms. The van der Waals surface area contributed by atoms with E-state index < -0.39 is 11.7 Å². The van der Waals surface area contributed by atoms with Crippen LogP contribution in [0.5, 0.6) is 0 Å². The summed E-state index contributed by atoms with van der Waals surface area (Å²) in [6.45, 7) is 0. The van der Waals surface area contributed by atoms with Crippen molar-refractivity contribution >= 4 is 23.4 Å². The maximum atomic E-state index is 12.5. The van der Waals surface area contributed by atoms with Crippen LogP contribution < -0.4 is 11.2 Å². The quantitative estimate of drug-likeness (QED) is 0.635. The van der Waals surface area contributed by atoms with Crippen LogP contribution in [0, 0.1) is 0 Å². The van der Waals surface area contributed by atoms with E-state index in [4.69, 9.17) is 5.84 Å². The number of nitrogens with one attached hydrogen (secondary N) is 1. The highest BCUT2D eigenvalue weighted by atomic mass is 32.2. The summed E-state index contributed by atoms with van der Waals surface area (Å²) in [6.07, 6.45) is -2.33. The molecule has 24 heavy (non-hydrogen) atoms. The summed E-state index contributed by atoms with van der Waals surface area (Å²) in [5, 5.41) is 10.9. The molecule has 0 atom stereocenters. The number of alkyl halides is 3. The lowest BCUT2D eigenvalue weighted by Crippen LogP contribution is -2.17. The Balaban J connectivity index is 1.54. The Labute approximate surface area is 139 Å². The predicted octanol–water partition coefficient (Wildman–Crippen LogP) is 2.62. The molecule has 6 nitrogen and oxygen atoms in total. The second-order valence-corrected chi connectivity index (χ2v) is 6.34. The summed E-state index contributed by atoms with van der Waals surface area (Å²) in [7, 11) is 0. The van der Waals surface area contributed by atoms with Gasteiger partial charge in [-0.2, -0.15) is 13.2 Å². The number of nitrogens with zero attached hydrogens (tertiary/aromatic N) is 3. The molecule has 2 aromatic rings. The van der Waals surface area contributed by atoms with Gasteiger partial charge in [-0.1, -0.05) is 11.8 Å². The van der Waals surface area contributed by atoms with Gasteiger partial charge in [-0.05, 0) is 37.1 Å². The summed E-state index contributed by atoms with van der Waals surface area (Å²) in [5.41, 5.74) is -0.472. The molecule has 0 spiro atoms. The Morgan fingerprint density at radius 3 is 2.54 bits per heavy atom. The van der Waals surface area contributed by atoms with Gasteiger partial charge in [0.05, 0.1) is 11.3 Å². The molecule has 1 heterocycles. The molecule has 0 saturated heterocycles. The lowest BCUT2D eigenvalue weighted by Gasteiger charge is -2.08. The molecule has 1 aliphatic carbocycles. The van der Waals surface area contributed by atoms with Crippen LogP contribution >= 0.6 is 11.8 Å². The molecule has 1 aliphatic rings. The number of hydrogen-bond donors (Lipinski definition) is 2. The number of aromatic nitrogens is 3. The summed E-state index contributed by atoms with van der Waals surface area (Å²) >= 11 is 1.12. The minimum atomic E-state index is -4.40. The minimum absolute atomic E-state index is 0.0288. The fourth-order valence-corrected chi connectivity index (χ4v) is 2.74. The average Bonchev–Trinajstić information content (AvgIpc) is 3.29. The number of benzene rings is 1.